The van der Waals surface area contributed by atoms with E-state index in [9.17, 15) is 13.6 Å². The highest BCUT2D eigenvalue weighted by Crippen LogP contribution is 2.24. The molecule has 4 rings (SSSR count). The van der Waals surface area contributed by atoms with Gasteiger partial charge in [-0.2, -0.15) is 0 Å². The maximum Gasteiger partial charge on any atom is 0.248 e. The van der Waals surface area contributed by atoms with E-state index in [2.05, 4.69) is 22.2 Å². The van der Waals surface area contributed by atoms with E-state index in [0.717, 1.165) is 35.1 Å². The molecule has 0 radical (unpaired) electrons. The number of likely N-dealkylation sites (N-methyl/N-ethyl adjacent to an activating group) is 1. The molecule has 5 nitrogen and oxygen atoms in total. The van der Waals surface area contributed by atoms with Crippen molar-refractivity contribution in [1.82, 2.24) is 20.5 Å². The van der Waals surface area contributed by atoms with Crippen molar-refractivity contribution in [3.8, 4) is 0 Å². The summed E-state index contributed by atoms with van der Waals surface area (Å²) in [4.78, 5) is 18.5. The van der Waals surface area contributed by atoms with Gasteiger partial charge in [0.25, 0.3) is 0 Å². The Hall–Kier alpha value is -3.45. The molecule has 2 aromatic carbocycles. The molecule has 0 saturated carbocycles. The maximum absolute atomic E-state index is 13.7. The van der Waals surface area contributed by atoms with Gasteiger partial charge in [0.1, 0.15) is 17.2 Å². The third-order valence-corrected chi connectivity index (χ3v) is 6.41. The van der Waals surface area contributed by atoms with Crippen molar-refractivity contribution in [2.45, 2.75) is 24.8 Å². The number of benzene rings is 2. The largest absolute Gasteiger partial charge is 0.372 e. The van der Waals surface area contributed by atoms with Crippen LogP contribution in [0.4, 0.5) is 8.78 Å². The molecule has 1 amide bonds. The SMILES string of the molecule is C=C(/C=C/c1ccc(F)cc1)NC1(C(=O)N(C)CCc2c[nH]c3ccc(F)cc23)CCNCC1. The van der Waals surface area contributed by atoms with Gasteiger partial charge in [0, 0.05) is 36.4 Å². The van der Waals surface area contributed by atoms with Gasteiger partial charge in [0.2, 0.25) is 5.91 Å². The van der Waals surface area contributed by atoms with E-state index in [1.807, 2.05) is 18.3 Å². The van der Waals surface area contributed by atoms with Crippen molar-refractivity contribution < 1.29 is 13.6 Å². The van der Waals surface area contributed by atoms with Gasteiger partial charge in [-0.05, 0) is 79.9 Å². The zero-order chi connectivity index (χ0) is 24.1. The third kappa shape index (κ3) is 5.37. The average molecular weight is 465 g/mol. The van der Waals surface area contributed by atoms with Crippen molar-refractivity contribution in [3.63, 3.8) is 0 Å². The van der Waals surface area contributed by atoms with Crippen LogP contribution in [0.1, 0.15) is 24.0 Å². The molecule has 0 spiro atoms. The number of hydrogen-bond acceptors (Lipinski definition) is 3. The molecule has 0 unspecified atom stereocenters. The second-order valence-corrected chi connectivity index (χ2v) is 8.85. The Morgan fingerprint density at radius 1 is 1.15 bits per heavy atom. The number of rotatable bonds is 8. The number of H-pyrrole nitrogens is 1. The van der Waals surface area contributed by atoms with Gasteiger partial charge < -0.3 is 20.5 Å². The first-order chi connectivity index (χ1) is 16.4. The van der Waals surface area contributed by atoms with Crippen LogP contribution in [0, 0.1) is 11.6 Å². The predicted molar refractivity (Wildman–Crippen MR) is 132 cm³/mol. The van der Waals surface area contributed by atoms with Crippen LogP contribution in [-0.2, 0) is 11.2 Å². The number of aromatic amines is 1. The van der Waals surface area contributed by atoms with Crippen LogP contribution in [0.3, 0.4) is 0 Å². The van der Waals surface area contributed by atoms with Crippen LogP contribution in [0.5, 0.6) is 0 Å². The summed E-state index contributed by atoms with van der Waals surface area (Å²) >= 11 is 0. The van der Waals surface area contributed by atoms with Crippen molar-refractivity contribution in [2.75, 3.05) is 26.7 Å². The number of carbonyl (C=O) groups is 1. The molecule has 1 saturated heterocycles. The topological polar surface area (TPSA) is 60.2 Å². The number of allylic oxidation sites excluding steroid dienone is 1. The summed E-state index contributed by atoms with van der Waals surface area (Å²) in [6.45, 7) is 6.06. The van der Waals surface area contributed by atoms with Gasteiger partial charge in [-0.15, -0.1) is 0 Å². The van der Waals surface area contributed by atoms with E-state index in [-0.39, 0.29) is 17.5 Å². The molecule has 0 aliphatic carbocycles. The van der Waals surface area contributed by atoms with Crippen molar-refractivity contribution in [2.24, 2.45) is 0 Å². The lowest BCUT2D eigenvalue weighted by Gasteiger charge is -2.40. The monoisotopic (exact) mass is 464 g/mol. The van der Waals surface area contributed by atoms with Crippen molar-refractivity contribution >= 4 is 22.9 Å². The highest BCUT2D eigenvalue weighted by molar-refractivity contribution is 5.87. The van der Waals surface area contributed by atoms with E-state index >= 15 is 0 Å². The summed E-state index contributed by atoms with van der Waals surface area (Å²) in [5.41, 5.74) is 2.58. The molecule has 1 aliphatic heterocycles. The Kier molecular flexibility index (Phi) is 7.12. The van der Waals surface area contributed by atoms with Gasteiger partial charge in [-0.3, -0.25) is 4.79 Å². The van der Waals surface area contributed by atoms with Crippen LogP contribution in [0.15, 0.2) is 67.0 Å². The zero-order valence-electron chi connectivity index (χ0n) is 19.3. The second-order valence-electron chi connectivity index (χ2n) is 8.85. The van der Waals surface area contributed by atoms with Crippen LogP contribution in [-0.4, -0.2) is 48.0 Å². The number of carbonyl (C=O) groups excluding carboxylic acids is 1. The number of halogens is 2. The van der Waals surface area contributed by atoms with Gasteiger partial charge in [-0.1, -0.05) is 24.8 Å². The summed E-state index contributed by atoms with van der Waals surface area (Å²) in [6, 6.07) is 10.9. The lowest BCUT2D eigenvalue weighted by molar-refractivity contribution is -0.137. The Balaban J connectivity index is 1.43. The normalized spacial score (nSPS) is 15.5. The van der Waals surface area contributed by atoms with Crippen LogP contribution >= 0.6 is 0 Å². The Morgan fingerprint density at radius 3 is 2.59 bits per heavy atom. The van der Waals surface area contributed by atoms with Gasteiger partial charge in [-0.25, -0.2) is 8.78 Å². The van der Waals surface area contributed by atoms with Crippen molar-refractivity contribution in [3.05, 3.63) is 89.8 Å². The fraction of sp³-hybridized carbons (Fsp3) is 0.296. The first-order valence-corrected chi connectivity index (χ1v) is 11.5. The smallest absolute Gasteiger partial charge is 0.248 e. The molecule has 1 aliphatic rings. The minimum atomic E-state index is -0.753. The highest BCUT2D eigenvalue weighted by Gasteiger charge is 2.41. The van der Waals surface area contributed by atoms with Gasteiger partial charge >= 0.3 is 0 Å². The number of fused-ring (bicyclic) bond motifs is 1. The van der Waals surface area contributed by atoms with E-state index in [1.54, 1.807) is 30.1 Å². The molecule has 1 aromatic heterocycles. The Bertz CT molecular complexity index is 1190. The first-order valence-electron chi connectivity index (χ1n) is 11.5. The molecule has 1 fully saturated rings. The summed E-state index contributed by atoms with van der Waals surface area (Å²) < 4.78 is 26.8. The molecular weight excluding hydrogens is 434 g/mol. The summed E-state index contributed by atoms with van der Waals surface area (Å²) in [5.74, 6) is -0.548. The molecular formula is C27H30F2N4O. The quantitative estimate of drug-likeness (QED) is 0.434. The fourth-order valence-electron chi connectivity index (χ4n) is 4.48. The van der Waals surface area contributed by atoms with Gasteiger partial charge in [0.05, 0.1) is 0 Å². The van der Waals surface area contributed by atoms with Gasteiger partial charge in [0.15, 0.2) is 0 Å². The van der Waals surface area contributed by atoms with Crippen LogP contribution in [0.2, 0.25) is 0 Å². The number of hydrogen-bond donors (Lipinski definition) is 3. The van der Waals surface area contributed by atoms with Crippen LogP contribution < -0.4 is 10.6 Å². The second kappa shape index (κ2) is 10.2. The number of aromatic nitrogens is 1. The van der Waals surface area contributed by atoms with Crippen LogP contribution in [0.25, 0.3) is 17.0 Å². The lowest BCUT2D eigenvalue weighted by atomic mass is 9.86. The number of nitrogens with zero attached hydrogens (tertiary/aromatic N) is 1. The Labute approximate surface area is 198 Å². The third-order valence-electron chi connectivity index (χ3n) is 6.41. The van der Waals surface area contributed by atoms with Crippen molar-refractivity contribution in [1.29, 1.82) is 0 Å². The molecule has 0 bridgehead atoms. The number of nitrogens with one attached hydrogen (secondary N) is 3. The summed E-state index contributed by atoms with van der Waals surface area (Å²) in [6.07, 6.45) is 7.42. The van der Waals surface area contributed by atoms with E-state index in [4.69, 9.17) is 0 Å². The summed E-state index contributed by atoms with van der Waals surface area (Å²) in [7, 11) is 1.81. The standard InChI is InChI=1S/C27H30F2N4O/c1-19(3-4-20-5-7-22(28)8-6-20)32-27(12-14-30-15-13-27)26(34)33(2)16-11-21-18-31-25-10-9-23(29)17-24(21)25/h3-10,17-18,30-32H,1,11-16H2,2H3/b4-3+. The summed E-state index contributed by atoms with van der Waals surface area (Å²) in [5, 5.41) is 7.54. The fourth-order valence-corrected chi connectivity index (χ4v) is 4.48. The lowest BCUT2D eigenvalue weighted by Crippen LogP contribution is -2.61. The molecule has 3 aromatic rings. The molecule has 0 atom stereocenters. The van der Waals surface area contributed by atoms with E-state index in [1.165, 1.54) is 24.3 Å². The number of amides is 1. The Morgan fingerprint density at radius 2 is 1.85 bits per heavy atom. The number of piperidine rings is 1. The van der Waals surface area contributed by atoms with E-state index < -0.39 is 5.54 Å². The predicted octanol–water partition coefficient (Wildman–Crippen LogP) is 4.39. The highest BCUT2D eigenvalue weighted by atomic mass is 19.1. The minimum Gasteiger partial charge on any atom is -0.372 e. The minimum absolute atomic E-state index is 0.0105. The molecule has 2 heterocycles. The average Bonchev–Trinajstić information content (AvgIpc) is 3.24. The molecule has 7 heteroatoms. The molecule has 34 heavy (non-hydrogen) atoms. The molecule has 3 N–H and O–H groups in total. The first kappa shape index (κ1) is 23.7. The molecule has 178 valence electrons. The zero-order valence-corrected chi connectivity index (χ0v) is 19.3. The van der Waals surface area contributed by atoms with E-state index in [0.29, 0.717) is 31.5 Å². The maximum atomic E-state index is 13.7.